The van der Waals surface area contributed by atoms with Crippen LogP contribution in [-0.4, -0.2) is 68.3 Å². The summed E-state index contributed by atoms with van der Waals surface area (Å²) in [6.45, 7) is 7.55. The fraction of sp³-hybridized carbons (Fsp3) is 0.500. The number of likely N-dealkylation sites (N-methyl/N-ethyl adjacent to an activating group) is 1. The lowest BCUT2D eigenvalue weighted by atomic mass is 10.00. The van der Waals surface area contributed by atoms with Crippen molar-refractivity contribution in [2.24, 2.45) is 0 Å². The Kier molecular flexibility index (Phi) is 7.93. The second kappa shape index (κ2) is 10.9. The molecule has 0 saturated carbocycles. The third kappa shape index (κ3) is 5.70. The van der Waals surface area contributed by atoms with E-state index in [1.807, 2.05) is 18.7 Å². The highest BCUT2D eigenvalue weighted by Gasteiger charge is 2.32. The number of anilines is 1. The van der Waals surface area contributed by atoms with Crippen molar-refractivity contribution in [3.05, 3.63) is 29.5 Å². The van der Waals surface area contributed by atoms with Gasteiger partial charge in [0, 0.05) is 24.0 Å². The summed E-state index contributed by atoms with van der Waals surface area (Å²) in [5.41, 5.74) is 1.44. The van der Waals surface area contributed by atoms with Crippen LogP contribution in [-0.2, 0) is 14.3 Å². The summed E-state index contributed by atoms with van der Waals surface area (Å²) in [5.74, 6) is 0.538. The first kappa shape index (κ1) is 23.4. The number of rotatable bonds is 9. The summed E-state index contributed by atoms with van der Waals surface area (Å²) < 4.78 is 16.2. The van der Waals surface area contributed by atoms with Crippen LogP contribution >= 0.6 is 0 Å². The number of hydrogen-bond acceptors (Lipinski definition) is 7. The van der Waals surface area contributed by atoms with Gasteiger partial charge in [-0.3, -0.25) is 9.69 Å². The molecule has 1 atom stereocenters. The first-order valence-electron chi connectivity index (χ1n) is 10.8. The molecule has 174 valence electrons. The van der Waals surface area contributed by atoms with Gasteiger partial charge in [0.1, 0.15) is 13.2 Å². The van der Waals surface area contributed by atoms with Crippen molar-refractivity contribution in [2.45, 2.75) is 33.2 Å². The van der Waals surface area contributed by atoms with Crippen LogP contribution in [0.25, 0.3) is 0 Å². The molecular weight excluding hydrogens is 416 g/mol. The molecule has 32 heavy (non-hydrogen) atoms. The van der Waals surface area contributed by atoms with E-state index in [2.05, 4.69) is 16.0 Å². The Labute approximate surface area is 187 Å². The molecule has 0 fully saturated rings. The number of fused-ring (bicyclic) bond motifs is 1. The number of urea groups is 1. The second-order valence-corrected chi connectivity index (χ2v) is 7.38. The molecule has 0 saturated heterocycles. The lowest BCUT2D eigenvalue weighted by Gasteiger charge is -2.31. The van der Waals surface area contributed by atoms with Crippen LogP contribution in [0.3, 0.4) is 0 Å². The van der Waals surface area contributed by atoms with E-state index < -0.39 is 12.0 Å². The maximum atomic E-state index is 12.7. The SMILES string of the molecule is CCOC(=O)C1=C(CN(CC)CC(=O)Nc2ccc3c(c2)OCCO3)NC(=O)NC1CC. The molecule has 10 heteroatoms. The van der Waals surface area contributed by atoms with Crippen molar-refractivity contribution in [1.82, 2.24) is 15.5 Å². The first-order chi connectivity index (χ1) is 15.4. The van der Waals surface area contributed by atoms with Gasteiger partial charge >= 0.3 is 12.0 Å². The number of nitrogens with zero attached hydrogens (tertiary/aromatic N) is 1. The zero-order valence-electron chi connectivity index (χ0n) is 18.7. The molecule has 3 N–H and O–H groups in total. The normalized spacial score (nSPS) is 17.5. The molecule has 2 aliphatic heterocycles. The summed E-state index contributed by atoms with van der Waals surface area (Å²) in [6, 6.07) is 4.41. The fourth-order valence-corrected chi connectivity index (χ4v) is 3.61. The number of carbonyl (C=O) groups is 3. The van der Waals surface area contributed by atoms with Crippen LogP contribution in [0.2, 0.25) is 0 Å². The van der Waals surface area contributed by atoms with E-state index in [1.54, 1.807) is 25.1 Å². The van der Waals surface area contributed by atoms with Gasteiger partial charge in [-0.2, -0.15) is 0 Å². The van der Waals surface area contributed by atoms with Gasteiger partial charge in [0.15, 0.2) is 11.5 Å². The smallest absolute Gasteiger partial charge is 0.337 e. The highest BCUT2D eigenvalue weighted by Crippen LogP contribution is 2.32. The molecule has 2 aliphatic rings. The van der Waals surface area contributed by atoms with Crippen LogP contribution in [0.15, 0.2) is 29.5 Å². The van der Waals surface area contributed by atoms with Crippen molar-refractivity contribution in [3.63, 3.8) is 0 Å². The highest BCUT2D eigenvalue weighted by atomic mass is 16.6. The van der Waals surface area contributed by atoms with Crippen molar-refractivity contribution in [1.29, 1.82) is 0 Å². The first-order valence-corrected chi connectivity index (χ1v) is 10.8. The van der Waals surface area contributed by atoms with E-state index >= 15 is 0 Å². The van der Waals surface area contributed by atoms with Crippen LogP contribution in [0.5, 0.6) is 11.5 Å². The lowest BCUT2D eigenvalue weighted by Crippen LogP contribution is -2.52. The van der Waals surface area contributed by atoms with Crippen molar-refractivity contribution < 1.29 is 28.6 Å². The summed E-state index contributed by atoms with van der Waals surface area (Å²) in [6.07, 6.45) is 0.543. The topological polar surface area (TPSA) is 118 Å². The van der Waals surface area contributed by atoms with Crippen LogP contribution in [0.4, 0.5) is 10.5 Å². The number of hydrogen-bond donors (Lipinski definition) is 3. The van der Waals surface area contributed by atoms with E-state index in [-0.39, 0.29) is 31.6 Å². The molecule has 3 rings (SSSR count). The molecule has 0 aliphatic carbocycles. The van der Waals surface area contributed by atoms with Gasteiger partial charge in [0.05, 0.1) is 24.8 Å². The van der Waals surface area contributed by atoms with Gasteiger partial charge < -0.3 is 30.2 Å². The van der Waals surface area contributed by atoms with Gasteiger partial charge in [-0.05, 0) is 32.0 Å². The predicted molar refractivity (Wildman–Crippen MR) is 118 cm³/mol. The Bertz CT molecular complexity index is 900. The summed E-state index contributed by atoms with van der Waals surface area (Å²) in [7, 11) is 0. The molecular formula is C22H30N4O6. The molecule has 2 heterocycles. The molecule has 0 aromatic heterocycles. The maximum absolute atomic E-state index is 12.7. The standard InChI is InChI=1S/C22H30N4O6/c1-4-15-20(21(28)30-6-3)16(25-22(29)24-15)12-26(5-2)13-19(27)23-14-7-8-17-18(11-14)32-10-9-31-17/h7-8,11,15H,4-6,9-10,12-13H2,1-3H3,(H,23,27)(H2,24,25,29). The third-order valence-electron chi connectivity index (χ3n) is 5.17. The average Bonchev–Trinajstić information content (AvgIpc) is 2.78. The zero-order valence-corrected chi connectivity index (χ0v) is 18.7. The van der Waals surface area contributed by atoms with Gasteiger partial charge in [0.25, 0.3) is 0 Å². The monoisotopic (exact) mass is 446 g/mol. The number of esters is 1. The minimum Gasteiger partial charge on any atom is -0.486 e. The lowest BCUT2D eigenvalue weighted by molar-refractivity contribution is -0.139. The predicted octanol–water partition coefficient (Wildman–Crippen LogP) is 1.63. The van der Waals surface area contributed by atoms with Gasteiger partial charge in [-0.15, -0.1) is 0 Å². The van der Waals surface area contributed by atoms with E-state index in [0.29, 0.717) is 54.6 Å². The van der Waals surface area contributed by atoms with Gasteiger partial charge in [-0.25, -0.2) is 9.59 Å². The second-order valence-electron chi connectivity index (χ2n) is 7.38. The fourth-order valence-electron chi connectivity index (χ4n) is 3.61. The highest BCUT2D eigenvalue weighted by molar-refractivity contribution is 5.95. The largest absolute Gasteiger partial charge is 0.486 e. The molecule has 1 unspecified atom stereocenters. The van der Waals surface area contributed by atoms with Crippen LogP contribution in [0.1, 0.15) is 27.2 Å². The number of ether oxygens (including phenoxy) is 3. The van der Waals surface area contributed by atoms with E-state index in [1.165, 1.54) is 0 Å². The van der Waals surface area contributed by atoms with Crippen molar-refractivity contribution >= 4 is 23.6 Å². The molecule has 1 aromatic rings. The van der Waals surface area contributed by atoms with E-state index in [0.717, 1.165) is 0 Å². The molecule has 0 spiro atoms. The molecule has 1 aromatic carbocycles. The molecule has 0 bridgehead atoms. The summed E-state index contributed by atoms with van der Waals surface area (Å²) in [5, 5.41) is 8.32. The number of amides is 3. The maximum Gasteiger partial charge on any atom is 0.337 e. The number of nitrogens with one attached hydrogen (secondary N) is 3. The quantitative estimate of drug-likeness (QED) is 0.494. The summed E-state index contributed by atoms with van der Waals surface area (Å²) in [4.78, 5) is 39.1. The Morgan fingerprint density at radius 3 is 2.62 bits per heavy atom. The minimum atomic E-state index is -0.473. The zero-order chi connectivity index (χ0) is 23.1. The number of carbonyl (C=O) groups excluding carboxylic acids is 3. The molecule has 3 amide bonds. The minimum absolute atomic E-state index is 0.0740. The average molecular weight is 447 g/mol. The van der Waals surface area contributed by atoms with E-state index in [9.17, 15) is 14.4 Å². The van der Waals surface area contributed by atoms with Gasteiger partial charge in [-0.1, -0.05) is 13.8 Å². The Balaban J connectivity index is 1.70. The van der Waals surface area contributed by atoms with Crippen molar-refractivity contribution in [2.75, 3.05) is 44.8 Å². The van der Waals surface area contributed by atoms with Crippen molar-refractivity contribution in [3.8, 4) is 11.5 Å². The Hall–Kier alpha value is -3.27. The molecule has 10 nitrogen and oxygen atoms in total. The number of benzene rings is 1. The summed E-state index contributed by atoms with van der Waals surface area (Å²) >= 11 is 0. The Morgan fingerprint density at radius 2 is 1.94 bits per heavy atom. The van der Waals surface area contributed by atoms with Crippen LogP contribution in [0, 0.1) is 0 Å². The van der Waals surface area contributed by atoms with Crippen LogP contribution < -0.4 is 25.4 Å². The van der Waals surface area contributed by atoms with Gasteiger partial charge in [0.2, 0.25) is 5.91 Å². The third-order valence-corrected chi connectivity index (χ3v) is 5.17. The van der Waals surface area contributed by atoms with E-state index in [4.69, 9.17) is 14.2 Å². The molecule has 0 radical (unpaired) electrons. The Morgan fingerprint density at radius 1 is 1.19 bits per heavy atom.